The lowest BCUT2D eigenvalue weighted by Gasteiger charge is -2.04. The van der Waals surface area contributed by atoms with Crippen LogP contribution in [0.25, 0.3) is 0 Å². The van der Waals surface area contributed by atoms with Crippen LogP contribution in [0.3, 0.4) is 0 Å². The van der Waals surface area contributed by atoms with Crippen molar-refractivity contribution in [2.24, 2.45) is 0 Å². The van der Waals surface area contributed by atoms with E-state index in [1.807, 2.05) is 6.92 Å². The highest BCUT2D eigenvalue weighted by atomic mass is 35.5. The molecule has 2 heterocycles. The maximum absolute atomic E-state index is 12.0. The number of halogens is 1. The van der Waals surface area contributed by atoms with E-state index in [0.717, 1.165) is 12.3 Å². The van der Waals surface area contributed by atoms with Gasteiger partial charge in [-0.1, -0.05) is 18.5 Å². The molecule has 0 saturated heterocycles. The molecule has 0 fully saturated rings. The van der Waals surface area contributed by atoms with Crippen LogP contribution in [-0.2, 0) is 13.0 Å². The average Bonchev–Trinajstić information content (AvgIpc) is 2.93. The molecule has 0 radical (unpaired) electrons. The van der Waals surface area contributed by atoms with Crippen molar-refractivity contribution in [2.45, 2.75) is 19.9 Å². The van der Waals surface area contributed by atoms with Gasteiger partial charge in [0.2, 0.25) is 5.89 Å². The number of amides is 1. The van der Waals surface area contributed by atoms with E-state index in [1.165, 1.54) is 0 Å². The summed E-state index contributed by atoms with van der Waals surface area (Å²) in [6.45, 7) is 1.97. The first kappa shape index (κ1) is 14.9. The second-order valence-corrected chi connectivity index (χ2v) is 4.40. The van der Waals surface area contributed by atoms with Crippen LogP contribution in [-0.4, -0.2) is 20.8 Å². The van der Waals surface area contributed by atoms with Gasteiger partial charge in [-0.05, 0) is 0 Å². The number of hydrogen-bond donors (Lipinski definition) is 1. The monoisotopic (exact) mass is 310 g/mol. The number of aromatic nitrogens is 2. The van der Waals surface area contributed by atoms with Crippen LogP contribution in [0.4, 0.5) is 5.69 Å². The highest BCUT2D eigenvalue weighted by Crippen LogP contribution is 2.19. The van der Waals surface area contributed by atoms with Crippen LogP contribution in [0, 0.1) is 10.1 Å². The molecule has 0 aromatic carbocycles. The van der Waals surface area contributed by atoms with Crippen LogP contribution in [0.15, 0.2) is 22.9 Å². The first-order valence-electron chi connectivity index (χ1n) is 6.03. The van der Waals surface area contributed by atoms with Gasteiger partial charge in [-0.2, -0.15) is 0 Å². The van der Waals surface area contributed by atoms with E-state index in [0.29, 0.717) is 18.1 Å². The number of rotatable bonds is 5. The molecular weight excluding hydrogens is 300 g/mol. The minimum Gasteiger partial charge on any atom is -0.444 e. The molecule has 0 unspecified atom stereocenters. The van der Waals surface area contributed by atoms with Gasteiger partial charge in [-0.25, -0.2) is 9.97 Å². The molecule has 21 heavy (non-hydrogen) atoms. The molecule has 1 N–H and O–H groups in total. The smallest absolute Gasteiger partial charge is 0.288 e. The Morgan fingerprint density at radius 3 is 2.86 bits per heavy atom. The number of carbonyl (C=O) groups excluding carboxylic acids is 1. The van der Waals surface area contributed by atoms with Crippen molar-refractivity contribution in [3.8, 4) is 0 Å². The summed E-state index contributed by atoms with van der Waals surface area (Å²) >= 11 is 5.77. The normalized spacial score (nSPS) is 10.4. The largest absolute Gasteiger partial charge is 0.444 e. The van der Waals surface area contributed by atoms with Gasteiger partial charge in [0.15, 0.2) is 0 Å². The molecule has 0 bridgehead atoms. The lowest BCUT2D eigenvalue weighted by molar-refractivity contribution is -0.385. The van der Waals surface area contributed by atoms with E-state index in [2.05, 4.69) is 15.3 Å². The number of nitrogens with one attached hydrogen (secondary N) is 1. The van der Waals surface area contributed by atoms with Crippen LogP contribution in [0.2, 0.25) is 5.15 Å². The fourth-order valence-electron chi connectivity index (χ4n) is 1.54. The summed E-state index contributed by atoms with van der Waals surface area (Å²) in [6, 6.07) is 1.07. The quantitative estimate of drug-likeness (QED) is 0.514. The predicted octanol–water partition coefficient (Wildman–Crippen LogP) is 2.12. The predicted molar refractivity (Wildman–Crippen MR) is 73.0 cm³/mol. The molecule has 0 aliphatic carbocycles. The number of oxazole rings is 1. The third kappa shape index (κ3) is 3.54. The van der Waals surface area contributed by atoms with Gasteiger partial charge in [0.05, 0.1) is 23.2 Å². The fraction of sp³-hybridized carbons (Fsp3) is 0.250. The minimum atomic E-state index is -0.651. The van der Waals surface area contributed by atoms with E-state index in [4.69, 9.17) is 16.0 Å². The summed E-state index contributed by atoms with van der Waals surface area (Å²) in [4.78, 5) is 29.6. The molecule has 110 valence electrons. The molecule has 2 aromatic rings. The summed E-state index contributed by atoms with van der Waals surface area (Å²) < 4.78 is 5.33. The van der Waals surface area contributed by atoms with Crippen LogP contribution < -0.4 is 5.32 Å². The molecule has 8 nitrogen and oxygen atoms in total. The molecular formula is C12H11ClN4O4. The van der Waals surface area contributed by atoms with E-state index in [9.17, 15) is 14.9 Å². The number of carbonyl (C=O) groups is 1. The van der Waals surface area contributed by atoms with Gasteiger partial charge in [0.25, 0.3) is 11.6 Å². The zero-order chi connectivity index (χ0) is 15.4. The first-order valence-corrected chi connectivity index (χ1v) is 6.40. The summed E-state index contributed by atoms with van der Waals surface area (Å²) in [5.74, 6) is 0.455. The van der Waals surface area contributed by atoms with E-state index >= 15 is 0 Å². The highest BCUT2D eigenvalue weighted by Gasteiger charge is 2.17. The summed E-state index contributed by atoms with van der Waals surface area (Å²) in [5, 5.41) is 13.1. The maximum atomic E-state index is 12.0. The number of aryl methyl sites for hydroxylation is 1. The Morgan fingerprint density at radius 1 is 1.48 bits per heavy atom. The molecule has 0 spiro atoms. The average molecular weight is 311 g/mol. The zero-order valence-electron chi connectivity index (χ0n) is 11.0. The van der Waals surface area contributed by atoms with Gasteiger partial charge in [-0.15, -0.1) is 0 Å². The summed E-state index contributed by atoms with van der Waals surface area (Å²) in [5.41, 5.74) is -0.387. The lowest BCUT2D eigenvalue weighted by Crippen LogP contribution is -2.23. The van der Waals surface area contributed by atoms with Gasteiger partial charge in [0.1, 0.15) is 17.1 Å². The molecule has 0 aliphatic rings. The Hall–Kier alpha value is -2.48. The molecule has 1 amide bonds. The molecule has 2 aromatic heterocycles. The number of hydrogen-bond acceptors (Lipinski definition) is 6. The van der Waals surface area contributed by atoms with Gasteiger partial charge in [0, 0.05) is 12.5 Å². The summed E-state index contributed by atoms with van der Waals surface area (Å²) in [7, 11) is 0. The standard InChI is InChI=1S/C12H11ClN4O4/c1-2-8-5-14-10(21-8)6-16-12(18)9-3-7(17(19)20)4-15-11(9)13/h3-5H,2,6H2,1H3,(H,16,18). The Kier molecular flexibility index (Phi) is 4.49. The third-order valence-corrected chi connectivity index (χ3v) is 2.93. The Bertz CT molecular complexity index is 686. The van der Waals surface area contributed by atoms with Crippen molar-refractivity contribution in [2.75, 3.05) is 0 Å². The van der Waals surface area contributed by atoms with Gasteiger partial charge < -0.3 is 9.73 Å². The lowest BCUT2D eigenvalue weighted by atomic mass is 10.2. The van der Waals surface area contributed by atoms with Crippen molar-refractivity contribution >= 4 is 23.2 Å². The number of nitrogens with zero attached hydrogens (tertiary/aromatic N) is 3. The first-order chi connectivity index (χ1) is 10.0. The number of nitro groups is 1. The Balaban J connectivity index is 2.09. The molecule has 0 saturated carbocycles. The Morgan fingerprint density at radius 2 is 2.24 bits per heavy atom. The van der Waals surface area contributed by atoms with Crippen LogP contribution in [0.1, 0.15) is 28.9 Å². The van der Waals surface area contributed by atoms with Crippen molar-refractivity contribution < 1.29 is 14.1 Å². The zero-order valence-corrected chi connectivity index (χ0v) is 11.8. The highest BCUT2D eigenvalue weighted by molar-refractivity contribution is 6.32. The van der Waals surface area contributed by atoms with Crippen molar-refractivity contribution in [1.29, 1.82) is 0 Å². The van der Waals surface area contributed by atoms with Crippen LogP contribution in [0.5, 0.6) is 0 Å². The van der Waals surface area contributed by atoms with Crippen molar-refractivity contribution in [1.82, 2.24) is 15.3 Å². The Labute approximate surface area is 124 Å². The minimum absolute atomic E-state index is 0.0534. The van der Waals surface area contributed by atoms with Crippen molar-refractivity contribution in [3.63, 3.8) is 0 Å². The topological polar surface area (TPSA) is 111 Å². The van der Waals surface area contributed by atoms with Gasteiger partial charge in [-0.3, -0.25) is 14.9 Å². The third-order valence-electron chi connectivity index (χ3n) is 2.63. The SMILES string of the molecule is CCc1cnc(CNC(=O)c2cc([N+](=O)[O-])cnc2Cl)o1. The molecule has 9 heteroatoms. The second kappa shape index (κ2) is 6.31. The fourth-order valence-corrected chi connectivity index (χ4v) is 1.73. The van der Waals surface area contributed by atoms with E-state index in [-0.39, 0.29) is 22.9 Å². The molecule has 0 atom stereocenters. The summed E-state index contributed by atoms with van der Waals surface area (Å²) in [6.07, 6.45) is 3.26. The van der Waals surface area contributed by atoms with E-state index in [1.54, 1.807) is 6.20 Å². The maximum Gasteiger partial charge on any atom is 0.288 e. The van der Waals surface area contributed by atoms with E-state index < -0.39 is 10.8 Å². The van der Waals surface area contributed by atoms with Gasteiger partial charge >= 0.3 is 0 Å². The molecule has 2 rings (SSSR count). The van der Waals surface area contributed by atoms with Crippen molar-refractivity contribution in [3.05, 3.63) is 50.9 Å². The van der Waals surface area contributed by atoms with Crippen LogP contribution >= 0.6 is 11.6 Å². The molecule has 0 aliphatic heterocycles. The number of pyridine rings is 1. The second-order valence-electron chi connectivity index (χ2n) is 4.05.